The van der Waals surface area contributed by atoms with Gasteiger partial charge in [0.1, 0.15) is 12.4 Å². The summed E-state index contributed by atoms with van der Waals surface area (Å²) >= 11 is 1.58. The van der Waals surface area contributed by atoms with Crippen LogP contribution in [0.5, 0.6) is 0 Å². The summed E-state index contributed by atoms with van der Waals surface area (Å²) in [7, 11) is -3.23. The Morgan fingerprint density at radius 3 is 2.78 bits per heavy atom. The second-order valence-corrected chi connectivity index (χ2v) is 12.6. The second-order valence-electron chi connectivity index (χ2n) is 9.67. The molecule has 2 fully saturated rings. The predicted octanol–water partition coefficient (Wildman–Crippen LogP) is 3.71. The number of hydrogen-bond acceptors (Lipinski definition) is 6. The van der Waals surface area contributed by atoms with E-state index in [4.69, 9.17) is 4.74 Å². The van der Waals surface area contributed by atoms with Crippen molar-refractivity contribution in [3.8, 4) is 34.4 Å². The standard InChI is InChI=1S/C26H27FN4O3S2/c1-36(32,33)31-8-6-30(7-9-31)24-13-18-12-22-25(28-29-26(22)21(18)14-23(24)27)19-11-20(35-16-19)3-2-10-34-15-17-4-5-17/h11,13-14,16-17H,4-10,12,15H2,1H3,(H,28,29). The van der Waals surface area contributed by atoms with Gasteiger partial charge in [-0.2, -0.15) is 9.40 Å². The van der Waals surface area contributed by atoms with E-state index in [1.165, 1.54) is 23.4 Å². The smallest absolute Gasteiger partial charge is 0.211 e. The highest BCUT2D eigenvalue weighted by molar-refractivity contribution is 7.88. The fraction of sp³-hybridized carbons (Fsp3) is 0.423. The van der Waals surface area contributed by atoms with Crippen LogP contribution in [0.1, 0.15) is 28.8 Å². The Morgan fingerprint density at radius 2 is 2.03 bits per heavy atom. The molecule has 1 aromatic carbocycles. The first-order valence-corrected chi connectivity index (χ1v) is 14.9. The summed E-state index contributed by atoms with van der Waals surface area (Å²) in [5.74, 6) is 6.70. The molecule has 1 N–H and O–H groups in total. The van der Waals surface area contributed by atoms with Gasteiger partial charge in [-0.3, -0.25) is 5.10 Å². The van der Waals surface area contributed by atoms with E-state index in [0.29, 0.717) is 44.9 Å². The lowest BCUT2D eigenvalue weighted by Crippen LogP contribution is -2.48. The molecule has 1 saturated carbocycles. The molecular formula is C26H27FN4O3S2. The maximum absolute atomic E-state index is 15.2. The van der Waals surface area contributed by atoms with Crippen LogP contribution >= 0.6 is 11.3 Å². The molecule has 0 atom stereocenters. The van der Waals surface area contributed by atoms with Gasteiger partial charge in [0.2, 0.25) is 10.0 Å². The van der Waals surface area contributed by atoms with Gasteiger partial charge in [0, 0.05) is 54.7 Å². The summed E-state index contributed by atoms with van der Waals surface area (Å²) in [6.45, 7) is 2.91. The fourth-order valence-corrected chi connectivity index (χ4v) is 6.47. The molecule has 6 rings (SSSR count). The van der Waals surface area contributed by atoms with E-state index >= 15 is 4.39 Å². The molecule has 36 heavy (non-hydrogen) atoms. The number of H-pyrrole nitrogens is 1. The van der Waals surface area contributed by atoms with Crippen LogP contribution in [0.2, 0.25) is 0 Å². The average molecular weight is 527 g/mol. The SMILES string of the molecule is CS(=O)(=O)N1CCN(c2cc3c(cc2F)-c2[nH]nc(-c4csc(C#CCOCC5CC5)c4)c2C3)CC1. The summed E-state index contributed by atoms with van der Waals surface area (Å²) in [5.41, 5.74) is 6.21. The van der Waals surface area contributed by atoms with E-state index in [1.54, 1.807) is 17.4 Å². The first-order valence-electron chi connectivity index (χ1n) is 12.1. The van der Waals surface area contributed by atoms with Crippen molar-refractivity contribution < 1.29 is 17.5 Å². The number of fused-ring (bicyclic) bond motifs is 3. The molecule has 2 aliphatic carbocycles. The highest BCUT2D eigenvalue weighted by atomic mass is 32.2. The van der Waals surface area contributed by atoms with E-state index in [-0.39, 0.29) is 5.82 Å². The Labute approximate surface area is 214 Å². The molecule has 1 saturated heterocycles. The maximum Gasteiger partial charge on any atom is 0.211 e. The van der Waals surface area contributed by atoms with Crippen molar-refractivity contribution in [1.29, 1.82) is 0 Å². The molecule has 3 aromatic rings. The Kier molecular flexibility index (Phi) is 6.12. The monoisotopic (exact) mass is 526 g/mol. The molecule has 3 aliphatic rings. The van der Waals surface area contributed by atoms with Crippen molar-refractivity contribution in [2.45, 2.75) is 19.3 Å². The topological polar surface area (TPSA) is 78.5 Å². The molecule has 0 radical (unpaired) electrons. The van der Waals surface area contributed by atoms with Crippen molar-refractivity contribution >= 4 is 27.0 Å². The third-order valence-electron chi connectivity index (χ3n) is 7.03. The number of anilines is 1. The molecule has 1 aliphatic heterocycles. The second kappa shape index (κ2) is 9.30. The minimum atomic E-state index is -3.23. The largest absolute Gasteiger partial charge is 0.368 e. The molecular weight excluding hydrogens is 499 g/mol. The molecule has 0 unspecified atom stereocenters. The van der Waals surface area contributed by atoms with Crippen molar-refractivity contribution in [1.82, 2.24) is 14.5 Å². The number of thiophene rings is 1. The number of nitrogens with one attached hydrogen (secondary N) is 1. The first-order chi connectivity index (χ1) is 17.4. The Morgan fingerprint density at radius 1 is 1.22 bits per heavy atom. The lowest BCUT2D eigenvalue weighted by atomic mass is 10.1. The van der Waals surface area contributed by atoms with Gasteiger partial charge in [0.05, 0.1) is 34.8 Å². The number of hydrogen-bond donors (Lipinski definition) is 1. The number of aromatic nitrogens is 2. The molecule has 188 valence electrons. The van der Waals surface area contributed by atoms with Crippen LogP contribution in [-0.2, 0) is 21.2 Å². The zero-order chi connectivity index (χ0) is 24.9. The van der Waals surface area contributed by atoms with E-state index in [9.17, 15) is 8.42 Å². The third-order valence-corrected chi connectivity index (χ3v) is 9.18. The number of halogens is 1. The van der Waals surface area contributed by atoms with Crippen molar-refractivity contribution in [3.63, 3.8) is 0 Å². The Hall–Kier alpha value is -2.71. The van der Waals surface area contributed by atoms with Crippen molar-refractivity contribution in [2.24, 2.45) is 5.92 Å². The molecule has 3 heterocycles. The van der Waals surface area contributed by atoms with Crippen LogP contribution in [0, 0.1) is 23.6 Å². The lowest BCUT2D eigenvalue weighted by molar-refractivity contribution is 0.156. The van der Waals surface area contributed by atoms with Gasteiger partial charge in [0.25, 0.3) is 0 Å². The van der Waals surface area contributed by atoms with Crippen LogP contribution in [0.4, 0.5) is 10.1 Å². The summed E-state index contributed by atoms with van der Waals surface area (Å²) < 4.78 is 45.8. The molecule has 2 aromatic heterocycles. The minimum Gasteiger partial charge on any atom is -0.368 e. The third kappa shape index (κ3) is 4.68. The van der Waals surface area contributed by atoms with Crippen molar-refractivity contribution in [3.05, 3.63) is 45.4 Å². The molecule has 0 amide bonds. The fourth-order valence-electron chi connectivity index (χ4n) is 4.89. The van der Waals surface area contributed by atoms with Gasteiger partial charge in [-0.05, 0) is 42.5 Å². The number of benzene rings is 1. The van der Waals surface area contributed by atoms with Gasteiger partial charge >= 0.3 is 0 Å². The minimum absolute atomic E-state index is 0.303. The highest BCUT2D eigenvalue weighted by Gasteiger charge is 2.30. The highest BCUT2D eigenvalue weighted by Crippen LogP contribution is 2.43. The summed E-state index contributed by atoms with van der Waals surface area (Å²) in [4.78, 5) is 2.90. The van der Waals surface area contributed by atoms with E-state index in [1.807, 2.05) is 17.0 Å². The normalized spacial score (nSPS) is 17.6. The maximum atomic E-state index is 15.2. The zero-order valence-electron chi connectivity index (χ0n) is 20.0. The van der Waals surface area contributed by atoms with Gasteiger partial charge in [0.15, 0.2) is 0 Å². The van der Waals surface area contributed by atoms with E-state index < -0.39 is 10.0 Å². The number of aromatic amines is 1. The molecule has 0 spiro atoms. The van der Waals surface area contributed by atoms with Gasteiger partial charge in [-0.15, -0.1) is 11.3 Å². The van der Waals surface area contributed by atoms with Gasteiger partial charge < -0.3 is 9.64 Å². The number of piperazine rings is 1. The number of nitrogens with zero attached hydrogens (tertiary/aromatic N) is 3. The van der Waals surface area contributed by atoms with Crippen LogP contribution < -0.4 is 4.90 Å². The molecule has 10 heteroatoms. The van der Waals surface area contributed by atoms with Crippen LogP contribution in [0.3, 0.4) is 0 Å². The Balaban J connectivity index is 1.17. The number of ether oxygens (including phenoxy) is 1. The molecule has 7 nitrogen and oxygen atoms in total. The van der Waals surface area contributed by atoms with Crippen molar-refractivity contribution in [2.75, 3.05) is 50.5 Å². The summed E-state index contributed by atoms with van der Waals surface area (Å²) in [6, 6.07) is 5.53. The van der Waals surface area contributed by atoms with Crippen LogP contribution in [0.15, 0.2) is 23.6 Å². The molecule has 0 bridgehead atoms. The zero-order valence-corrected chi connectivity index (χ0v) is 21.6. The first kappa shape index (κ1) is 23.7. The lowest BCUT2D eigenvalue weighted by Gasteiger charge is -2.35. The number of sulfonamides is 1. The predicted molar refractivity (Wildman–Crippen MR) is 139 cm³/mol. The quantitative estimate of drug-likeness (QED) is 0.306. The van der Waals surface area contributed by atoms with Crippen LogP contribution in [-0.4, -0.2) is 68.6 Å². The van der Waals surface area contributed by atoms with Crippen LogP contribution in [0.25, 0.3) is 22.5 Å². The summed E-state index contributed by atoms with van der Waals surface area (Å²) in [6.07, 6.45) is 4.43. The van der Waals surface area contributed by atoms with E-state index in [2.05, 4.69) is 27.4 Å². The van der Waals surface area contributed by atoms with Gasteiger partial charge in [-0.25, -0.2) is 12.8 Å². The Bertz CT molecular complexity index is 1470. The van der Waals surface area contributed by atoms with E-state index in [0.717, 1.165) is 51.0 Å². The number of rotatable bonds is 6. The van der Waals surface area contributed by atoms with Gasteiger partial charge in [-0.1, -0.05) is 11.8 Å². The average Bonchev–Trinajstić information content (AvgIpc) is 3.24. The summed E-state index contributed by atoms with van der Waals surface area (Å²) in [5, 5.41) is 9.72.